The Balaban J connectivity index is 1.21. The average Bonchev–Trinajstić information content (AvgIpc) is 3.75. The lowest BCUT2D eigenvalue weighted by Gasteiger charge is -2.41. The number of methoxy groups -OCH3 is 1. The van der Waals surface area contributed by atoms with Crippen LogP contribution in [0.2, 0.25) is 0 Å². The lowest BCUT2D eigenvalue weighted by atomic mass is 9.86. The van der Waals surface area contributed by atoms with Crippen molar-refractivity contribution in [3.63, 3.8) is 0 Å². The number of aromatic amines is 1. The zero-order valence-corrected chi connectivity index (χ0v) is 31.0. The Morgan fingerprint density at radius 2 is 1.87 bits per heavy atom. The van der Waals surface area contributed by atoms with E-state index in [-0.39, 0.29) is 35.1 Å². The lowest BCUT2D eigenvalue weighted by molar-refractivity contribution is -0.139. The number of carbonyl (C=O) groups is 1. The van der Waals surface area contributed by atoms with Crippen LogP contribution in [0.5, 0.6) is 0 Å². The van der Waals surface area contributed by atoms with Crippen LogP contribution < -0.4 is 9.80 Å². The normalized spacial score (nSPS) is 19.1. The third-order valence-corrected chi connectivity index (χ3v) is 11.0. The van der Waals surface area contributed by atoms with Gasteiger partial charge in [-0.1, -0.05) is 12.8 Å². The molecule has 0 radical (unpaired) electrons. The molecule has 13 nitrogen and oxygen atoms in total. The molecule has 54 heavy (non-hydrogen) atoms. The Morgan fingerprint density at radius 1 is 1.07 bits per heavy atom. The summed E-state index contributed by atoms with van der Waals surface area (Å²) in [7, 11) is 3.62. The summed E-state index contributed by atoms with van der Waals surface area (Å²) in [5.41, 5.74) is 2.19. The van der Waals surface area contributed by atoms with Gasteiger partial charge in [-0.25, -0.2) is 19.9 Å². The summed E-state index contributed by atoms with van der Waals surface area (Å²) < 4.78 is 54.3. The molecule has 3 aliphatic rings. The number of nitrogens with zero attached hydrogens (tertiary/aromatic N) is 8. The molecular weight excluding hydrogens is 703 g/mol. The molecule has 0 aromatic carbocycles. The Hall–Kier alpha value is -4.41. The topological polar surface area (TPSA) is 146 Å². The standard InChI is InChI=1S/C38H48F3N9O4/c1-4-54-23-37(10-5-6-11-37)22-48(2)30-16-28(25-15-27(38(39,40)41)33(44-17-25)24-7-8-24)45-36-34(30)46-35(47-36)29-18-43-31(19-42-29)50-14-13-49(12-9-32(51)52)26(20-50)21-53-3/h15-19,24,26H,4-14,20-23H2,1-3H3,(H,51,52)(H,45,46,47)/t26-/m0/s1. The summed E-state index contributed by atoms with van der Waals surface area (Å²) >= 11 is 0. The summed E-state index contributed by atoms with van der Waals surface area (Å²) in [6.45, 7) is 6.76. The molecule has 4 aromatic rings. The Kier molecular flexibility index (Phi) is 11.1. The number of carboxylic acid groups (broad SMARTS) is 1. The molecule has 0 bridgehead atoms. The van der Waals surface area contributed by atoms with Crippen molar-refractivity contribution in [2.75, 3.05) is 76.5 Å². The monoisotopic (exact) mass is 751 g/mol. The second kappa shape index (κ2) is 15.7. The number of aromatic nitrogens is 6. The van der Waals surface area contributed by atoms with Crippen molar-refractivity contribution in [3.8, 4) is 22.8 Å². The van der Waals surface area contributed by atoms with Gasteiger partial charge in [0.25, 0.3) is 0 Å². The van der Waals surface area contributed by atoms with Gasteiger partial charge in [0.2, 0.25) is 0 Å². The second-order valence-electron chi connectivity index (χ2n) is 14.9. The van der Waals surface area contributed by atoms with Crippen molar-refractivity contribution in [2.24, 2.45) is 5.41 Å². The van der Waals surface area contributed by atoms with Crippen LogP contribution in [0.25, 0.3) is 33.9 Å². The molecule has 1 saturated heterocycles. The summed E-state index contributed by atoms with van der Waals surface area (Å²) in [5, 5.41) is 9.18. The number of ether oxygens (including phenoxy) is 2. The van der Waals surface area contributed by atoms with Crippen LogP contribution in [0.4, 0.5) is 24.7 Å². The van der Waals surface area contributed by atoms with Gasteiger partial charge in [0.15, 0.2) is 11.5 Å². The van der Waals surface area contributed by atoms with E-state index in [2.05, 4.69) is 24.7 Å². The molecule has 3 fully saturated rings. The molecule has 0 amide bonds. The molecule has 2 aliphatic carbocycles. The van der Waals surface area contributed by atoms with Crippen LogP contribution in [0.1, 0.15) is 69.0 Å². The molecule has 0 spiro atoms. The van der Waals surface area contributed by atoms with E-state index in [0.29, 0.717) is 99.6 Å². The van der Waals surface area contributed by atoms with Gasteiger partial charge in [-0.05, 0) is 44.7 Å². The number of carboxylic acids is 1. The molecule has 16 heteroatoms. The lowest BCUT2D eigenvalue weighted by Crippen LogP contribution is -2.55. The predicted molar refractivity (Wildman–Crippen MR) is 197 cm³/mol. The van der Waals surface area contributed by atoms with Crippen LogP contribution >= 0.6 is 0 Å². The van der Waals surface area contributed by atoms with E-state index in [1.165, 1.54) is 12.3 Å². The van der Waals surface area contributed by atoms with E-state index in [1.807, 2.05) is 20.0 Å². The molecule has 2 N–H and O–H groups in total. The molecule has 290 valence electrons. The van der Waals surface area contributed by atoms with E-state index >= 15 is 0 Å². The largest absolute Gasteiger partial charge is 0.481 e. The van der Waals surface area contributed by atoms with Crippen molar-refractivity contribution in [1.82, 2.24) is 34.8 Å². The number of imidazole rings is 1. The number of H-pyrrole nitrogens is 1. The molecule has 5 heterocycles. The minimum atomic E-state index is -4.54. The molecular formula is C38H48F3N9O4. The first kappa shape index (κ1) is 37.9. The SMILES string of the molecule is CCOCC1(CN(C)c2cc(-c3cnc(C4CC4)c(C(F)(F)F)c3)nc3nc(-c4cnc(N5CCN(CCC(=O)O)[C@H](COC)C5)cn4)[nH]c23)CCCC1. The molecule has 2 saturated carbocycles. The highest BCUT2D eigenvalue weighted by Gasteiger charge is 2.40. The van der Waals surface area contributed by atoms with Gasteiger partial charge in [-0.2, -0.15) is 13.2 Å². The number of aliphatic carboxylic acids is 1. The number of hydrogen-bond donors (Lipinski definition) is 2. The maximum atomic E-state index is 14.3. The minimum absolute atomic E-state index is 0.000132. The number of nitrogens with one attached hydrogen (secondary N) is 1. The summed E-state index contributed by atoms with van der Waals surface area (Å²) in [5.74, 6) is 0.109. The van der Waals surface area contributed by atoms with Crippen molar-refractivity contribution in [2.45, 2.75) is 70.0 Å². The highest BCUT2D eigenvalue weighted by atomic mass is 19.4. The maximum absolute atomic E-state index is 14.3. The van der Waals surface area contributed by atoms with Crippen LogP contribution in [0, 0.1) is 5.41 Å². The van der Waals surface area contributed by atoms with Crippen LogP contribution in [-0.2, 0) is 20.4 Å². The number of fused-ring (bicyclic) bond motifs is 1. The van der Waals surface area contributed by atoms with E-state index in [9.17, 15) is 23.1 Å². The number of alkyl halides is 3. The fraction of sp³-hybridized carbons (Fsp3) is 0.579. The van der Waals surface area contributed by atoms with Crippen LogP contribution in [-0.4, -0.2) is 119 Å². The first-order valence-electron chi connectivity index (χ1n) is 18.8. The highest BCUT2D eigenvalue weighted by Crippen LogP contribution is 2.46. The van der Waals surface area contributed by atoms with Crippen molar-refractivity contribution >= 4 is 28.6 Å². The van der Waals surface area contributed by atoms with Crippen LogP contribution in [0.15, 0.2) is 30.7 Å². The second-order valence-corrected chi connectivity index (χ2v) is 14.9. The van der Waals surface area contributed by atoms with E-state index in [1.54, 1.807) is 19.5 Å². The van der Waals surface area contributed by atoms with E-state index in [0.717, 1.165) is 31.4 Å². The highest BCUT2D eigenvalue weighted by molar-refractivity contribution is 5.91. The number of pyridine rings is 2. The van der Waals surface area contributed by atoms with Gasteiger partial charge in [0.1, 0.15) is 17.0 Å². The third-order valence-electron chi connectivity index (χ3n) is 11.0. The quantitative estimate of drug-likeness (QED) is 0.147. The first-order chi connectivity index (χ1) is 26.0. The summed E-state index contributed by atoms with van der Waals surface area (Å²) in [4.78, 5) is 44.3. The fourth-order valence-corrected chi connectivity index (χ4v) is 8.04. The zero-order valence-electron chi connectivity index (χ0n) is 31.0. The molecule has 1 atom stereocenters. The molecule has 1 aliphatic heterocycles. The van der Waals surface area contributed by atoms with Crippen molar-refractivity contribution < 1.29 is 32.5 Å². The number of anilines is 2. The molecule has 7 rings (SSSR count). The van der Waals surface area contributed by atoms with E-state index < -0.39 is 17.7 Å². The van der Waals surface area contributed by atoms with Gasteiger partial charge >= 0.3 is 12.1 Å². The molecule has 4 aromatic heterocycles. The predicted octanol–water partition coefficient (Wildman–Crippen LogP) is 6.02. The third kappa shape index (κ3) is 8.30. The summed E-state index contributed by atoms with van der Waals surface area (Å²) in [6.07, 6.45) is 6.05. The van der Waals surface area contributed by atoms with Crippen LogP contribution in [0.3, 0.4) is 0 Å². The van der Waals surface area contributed by atoms with Crippen molar-refractivity contribution in [3.05, 3.63) is 42.0 Å². The Bertz CT molecular complexity index is 1930. The van der Waals surface area contributed by atoms with E-state index in [4.69, 9.17) is 29.4 Å². The summed E-state index contributed by atoms with van der Waals surface area (Å²) in [6, 6.07) is 3.00. The zero-order chi connectivity index (χ0) is 38.0. The Labute approximate surface area is 312 Å². The smallest absolute Gasteiger partial charge is 0.418 e. The number of halogens is 3. The van der Waals surface area contributed by atoms with Crippen molar-refractivity contribution in [1.29, 1.82) is 0 Å². The molecule has 0 unspecified atom stereocenters. The average molecular weight is 752 g/mol. The van der Waals surface area contributed by atoms with Gasteiger partial charge in [0.05, 0.1) is 60.7 Å². The van der Waals surface area contributed by atoms with Gasteiger partial charge in [-0.15, -0.1) is 0 Å². The minimum Gasteiger partial charge on any atom is -0.481 e. The Morgan fingerprint density at radius 3 is 2.54 bits per heavy atom. The maximum Gasteiger partial charge on any atom is 0.418 e. The number of hydrogen-bond acceptors (Lipinski definition) is 11. The van der Waals surface area contributed by atoms with Gasteiger partial charge in [0, 0.05) is 76.6 Å². The van der Waals surface area contributed by atoms with Gasteiger partial charge in [-0.3, -0.25) is 14.7 Å². The number of rotatable bonds is 15. The first-order valence-corrected chi connectivity index (χ1v) is 18.8. The fourth-order valence-electron chi connectivity index (χ4n) is 8.04. The number of piperazine rings is 1. The van der Waals surface area contributed by atoms with Gasteiger partial charge < -0.3 is 29.4 Å².